The fourth-order valence-corrected chi connectivity index (χ4v) is 2.78. The SMILES string of the molecule is CC(C)N1CCN(c2cccc(-c3cc(N)on3)c2)CC1. The van der Waals surface area contributed by atoms with Gasteiger partial charge < -0.3 is 15.2 Å². The van der Waals surface area contributed by atoms with Crippen LogP contribution in [0.4, 0.5) is 11.6 Å². The zero-order valence-electron chi connectivity index (χ0n) is 12.6. The molecule has 1 aliphatic rings. The number of nitrogen functional groups attached to an aromatic ring is 1. The van der Waals surface area contributed by atoms with E-state index in [0.29, 0.717) is 11.9 Å². The molecule has 21 heavy (non-hydrogen) atoms. The maximum Gasteiger partial charge on any atom is 0.222 e. The van der Waals surface area contributed by atoms with E-state index in [1.165, 1.54) is 5.69 Å². The average Bonchev–Trinajstić information content (AvgIpc) is 2.94. The third-order valence-electron chi connectivity index (χ3n) is 4.08. The lowest BCUT2D eigenvalue weighted by atomic mass is 10.1. The van der Waals surface area contributed by atoms with Crippen LogP contribution in [0.5, 0.6) is 0 Å². The predicted molar refractivity (Wildman–Crippen MR) is 85.3 cm³/mol. The zero-order valence-corrected chi connectivity index (χ0v) is 12.6. The van der Waals surface area contributed by atoms with Crippen molar-refractivity contribution < 1.29 is 4.52 Å². The molecule has 1 aromatic heterocycles. The lowest BCUT2D eigenvalue weighted by Gasteiger charge is -2.38. The Bertz CT molecular complexity index is 600. The standard InChI is InChI=1S/C16H22N4O/c1-12(2)19-6-8-20(9-7-19)14-5-3-4-13(10-14)15-11-16(17)21-18-15/h3-5,10-12H,6-9,17H2,1-2H3. The van der Waals surface area contributed by atoms with Crippen LogP contribution in [0.15, 0.2) is 34.9 Å². The molecule has 0 unspecified atom stereocenters. The second-order valence-corrected chi connectivity index (χ2v) is 5.78. The molecule has 5 heteroatoms. The smallest absolute Gasteiger partial charge is 0.222 e. The van der Waals surface area contributed by atoms with Gasteiger partial charge in [0.2, 0.25) is 5.88 Å². The maximum absolute atomic E-state index is 5.60. The Kier molecular flexibility index (Phi) is 3.84. The third-order valence-corrected chi connectivity index (χ3v) is 4.08. The Morgan fingerprint density at radius 3 is 2.52 bits per heavy atom. The molecule has 2 heterocycles. The predicted octanol–water partition coefficient (Wildman–Crippen LogP) is 2.45. The first-order chi connectivity index (χ1) is 10.1. The summed E-state index contributed by atoms with van der Waals surface area (Å²) in [6.07, 6.45) is 0. The van der Waals surface area contributed by atoms with Crippen molar-refractivity contribution in [2.75, 3.05) is 36.8 Å². The molecular weight excluding hydrogens is 264 g/mol. The fourth-order valence-electron chi connectivity index (χ4n) is 2.78. The molecule has 0 amide bonds. The molecule has 0 saturated carbocycles. The number of aromatic nitrogens is 1. The Hall–Kier alpha value is -2.01. The molecule has 0 atom stereocenters. The highest BCUT2D eigenvalue weighted by Crippen LogP contribution is 2.26. The van der Waals surface area contributed by atoms with E-state index in [0.717, 1.165) is 37.4 Å². The highest BCUT2D eigenvalue weighted by molar-refractivity contribution is 5.67. The molecular formula is C16H22N4O. The number of hydrogen-bond donors (Lipinski definition) is 1. The van der Waals surface area contributed by atoms with Crippen LogP contribution in [0, 0.1) is 0 Å². The van der Waals surface area contributed by atoms with Gasteiger partial charge in [0.25, 0.3) is 0 Å². The lowest BCUT2D eigenvalue weighted by Crippen LogP contribution is -2.48. The number of anilines is 2. The van der Waals surface area contributed by atoms with Gasteiger partial charge in [-0.15, -0.1) is 0 Å². The van der Waals surface area contributed by atoms with E-state index in [4.69, 9.17) is 10.3 Å². The maximum atomic E-state index is 5.60. The van der Waals surface area contributed by atoms with Gasteiger partial charge in [0.05, 0.1) is 0 Å². The molecule has 2 N–H and O–H groups in total. The number of hydrogen-bond acceptors (Lipinski definition) is 5. The van der Waals surface area contributed by atoms with Crippen molar-refractivity contribution in [2.24, 2.45) is 0 Å². The van der Waals surface area contributed by atoms with E-state index in [1.807, 2.05) is 6.07 Å². The summed E-state index contributed by atoms with van der Waals surface area (Å²) >= 11 is 0. The molecule has 1 fully saturated rings. The minimum atomic E-state index is 0.348. The van der Waals surface area contributed by atoms with Gasteiger partial charge in [-0.2, -0.15) is 0 Å². The van der Waals surface area contributed by atoms with Crippen molar-refractivity contribution in [3.63, 3.8) is 0 Å². The van der Waals surface area contributed by atoms with Crippen LogP contribution < -0.4 is 10.6 Å². The number of rotatable bonds is 3. The molecule has 1 saturated heterocycles. The van der Waals surface area contributed by atoms with Crippen molar-refractivity contribution in [3.8, 4) is 11.3 Å². The van der Waals surface area contributed by atoms with Crippen LogP contribution in [0.2, 0.25) is 0 Å². The minimum Gasteiger partial charge on any atom is -0.369 e. The summed E-state index contributed by atoms with van der Waals surface area (Å²) in [5, 5.41) is 3.98. The number of piperazine rings is 1. The van der Waals surface area contributed by atoms with Gasteiger partial charge in [-0.25, -0.2) is 0 Å². The van der Waals surface area contributed by atoms with E-state index < -0.39 is 0 Å². The van der Waals surface area contributed by atoms with Crippen LogP contribution in [0.3, 0.4) is 0 Å². The second kappa shape index (κ2) is 5.77. The largest absolute Gasteiger partial charge is 0.369 e. The monoisotopic (exact) mass is 286 g/mol. The second-order valence-electron chi connectivity index (χ2n) is 5.78. The minimum absolute atomic E-state index is 0.348. The molecule has 0 bridgehead atoms. The van der Waals surface area contributed by atoms with Crippen molar-refractivity contribution in [1.29, 1.82) is 0 Å². The van der Waals surface area contributed by atoms with E-state index in [1.54, 1.807) is 6.07 Å². The van der Waals surface area contributed by atoms with Gasteiger partial charge >= 0.3 is 0 Å². The Labute approximate surface area is 125 Å². The summed E-state index contributed by atoms with van der Waals surface area (Å²) in [5.74, 6) is 0.348. The Balaban J connectivity index is 1.75. The van der Waals surface area contributed by atoms with Crippen LogP contribution in [0.25, 0.3) is 11.3 Å². The number of benzene rings is 1. The third kappa shape index (κ3) is 3.03. The fraction of sp³-hybridized carbons (Fsp3) is 0.438. The Morgan fingerprint density at radius 1 is 1.14 bits per heavy atom. The average molecular weight is 286 g/mol. The van der Waals surface area contributed by atoms with Crippen LogP contribution >= 0.6 is 0 Å². The molecule has 5 nitrogen and oxygen atoms in total. The van der Waals surface area contributed by atoms with Gasteiger partial charge in [0, 0.05) is 49.5 Å². The first-order valence-corrected chi connectivity index (χ1v) is 7.45. The first-order valence-electron chi connectivity index (χ1n) is 7.45. The molecule has 0 spiro atoms. The van der Waals surface area contributed by atoms with Crippen LogP contribution in [-0.4, -0.2) is 42.3 Å². The van der Waals surface area contributed by atoms with Crippen molar-refractivity contribution >= 4 is 11.6 Å². The molecule has 112 valence electrons. The van der Waals surface area contributed by atoms with Crippen molar-refractivity contribution in [2.45, 2.75) is 19.9 Å². The van der Waals surface area contributed by atoms with Gasteiger partial charge in [-0.05, 0) is 26.0 Å². The summed E-state index contributed by atoms with van der Waals surface area (Å²) in [4.78, 5) is 4.94. The van der Waals surface area contributed by atoms with Crippen LogP contribution in [0.1, 0.15) is 13.8 Å². The van der Waals surface area contributed by atoms with Gasteiger partial charge in [-0.1, -0.05) is 17.3 Å². The lowest BCUT2D eigenvalue weighted by molar-refractivity contribution is 0.209. The van der Waals surface area contributed by atoms with Gasteiger partial charge in [0.1, 0.15) is 5.69 Å². The van der Waals surface area contributed by atoms with Crippen LogP contribution in [-0.2, 0) is 0 Å². The summed E-state index contributed by atoms with van der Waals surface area (Å²) in [7, 11) is 0. The molecule has 0 aliphatic carbocycles. The van der Waals surface area contributed by atoms with Crippen molar-refractivity contribution in [1.82, 2.24) is 10.1 Å². The van der Waals surface area contributed by atoms with E-state index >= 15 is 0 Å². The highest BCUT2D eigenvalue weighted by Gasteiger charge is 2.19. The quantitative estimate of drug-likeness (QED) is 0.939. The molecule has 1 aliphatic heterocycles. The summed E-state index contributed by atoms with van der Waals surface area (Å²) < 4.78 is 4.95. The van der Waals surface area contributed by atoms with Gasteiger partial charge in [-0.3, -0.25) is 4.90 Å². The molecule has 0 radical (unpaired) electrons. The normalized spacial score (nSPS) is 16.6. The van der Waals surface area contributed by atoms with E-state index in [2.05, 4.69) is 47.0 Å². The molecule has 1 aromatic carbocycles. The Morgan fingerprint density at radius 2 is 1.90 bits per heavy atom. The molecule has 3 rings (SSSR count). The van der Waals surface area contributed by atoms with E-state index in [-0.39, 0.29) is 0 Å². The van der Waals surface area contributed by atoms with E-state index in [9.17, 15) is 0 Å². The summed E-state index contributed by atoms with van der Waals surface area (Å²) in [6.45, 7) is 8.85. The first kappa shape index (κ1) is 13.9. The topological polar surface area (TPSA) is 58.5 Å². The zero-order chi connectivity index (χ0) is 14.8. The van der Waals surface area contributed by atoms with Crippen molar-refractivity contribution in [3.05, 3.63) is 30.3 Å². The summed E-state index contributed by atoms with van der Waals surface area (Å²) in [6, 6.07) is 10.8. The summed E-state index contributed by atoms with van der Waals surface area (Å²) in [5.41, 5.74) is 8.66. The number of nitrogens with two attached hydrogens (primary N) is 1. The number of nitrogens with zero attached hydrogens (tertiary/aromatic N) is 3. The van der Waals surface area contributed by atoms with Gasteiger partial charge in [0.15, 0.2) is 0 Å². The highest BCUT2D eigenvalue weighted by atomic mass is 16.5. The molecule has 2 aromatic rings.